The molecule has 0 saturated heterocycles. The molecule has 0 fully saturated rings. The standard InChI is InChI=1S/C9H7BrClN5O/c10-4-9(17)13-8-3-6(1-2-7(8)11)16-5-12-14-15-16/h1-3,5H,4H2,(H,13,17). The predicted molar refractivity (Wildman–Crippen MR) is 66.6 cm³/mol. The van der Waals surface area contributed by atoms with Crippen LogP contribution in [-0.4, -0.2) is 31.4 Å². The van der Waals surface area contributed by atoms with Crippen molar-refractivity contribution in [3.8, 4) is 5.69 Å². The Labute approximate surface area is 110 Å². The highest BCUT2D eigenvalue weighted by molar-refractivity contribution is 9.09. The van der Waals surface area contributed by atoms with Crippen LogP contribution in [0, 0.1) is 0 Å². The Kier molecular flexibility index (Phi) is 3.70. The van der Waals surface area contributed by atoms with Crippen LogP contribution < -0.4 is 5.32 Å². The second kappa shape index (κ2) is 5.24. The first-order chi connectivity index (χ1) is 8.20. The summed E-state index contributed by atoms with van der Waals surface area (Å²) in [4.78, 5) is 11.3. The van der Waals surface area contributed by atoms with Gasteiger partial charge in [-0.15, -0.1) is 5.10 Å². The number of alkyl halides is 1. The van der Waals surface area contributed by atoms with Gasteiger partial charge in [-0.25, -0.2) is 4.68 Å². The number of hydrogen-bond acceptors (Lipinski definition) is 4. The number of nitrogens with one attached hydrogen (secondary N) is 1. The third-order valence-corrected chi connectivity index (χ3v) is 2.80. The number of carbonyl (C=O) groups excluding carboxylic acids is 1. The molecular formula is C9H7BrClN5O. The maximum absolute atomic E-state index is 11.3. The minimum absolute atomic E-state index is 0.180. The maximum atomic E-state index is 11.3. The van der Waals surface area contributed by atoms with E-state index in [0.717, 1.165) is 0 Å². The molecule has 0 saturated carbocycles. The minimum atomic E-state index is -0.180. The Morgan fingerprint density at radius 2 is 2.35 bits per heavy atom. The molecule has 17 heavy (non-hydrogen) atoms. The molecule has 0 atom stereocenters. The van der Waals surface area contributed by atoms with Gasteiger partial charge in [0.15, 0.2) is 0 Å². The first kappa shape index (κ1) is 12.0. The van der Waals surface area contributed by atoms with E-state index in [1.165, 1.54) is 11.0 Å². The lowest BCUT2D eigenvalue weighted by atomic mass is 10.2. The Bertz CT molecular complexity index is 530. The molecule has 1 N–H and O–H groups in total. The van der Waals surface area contributed by atoms with Crippen LogP contribution in [0.1, 0.15) is 0 Å². The summed E-state index contributed by atoms with van der Waals surface area (Å²) >= 11 is 9.03. The SMILES string of the molecule is O=C(CBr)Nc1cc(-n2cnnn2)ccc1Cl. The number of halogens is 2. The van der Waals surface area contributed by atoms with Gasteiger partial charge in [0.1, 0.15) is 6.33 Å². The minimum Gasteiger partial charge on any atom is -0.324 e. The first-order valence-corrected chi connectivity index (χ1v) is 6.09. The molecule has 6 nitrogen and oxygen atoms in total. The van der Waals surface area contributed by atoms with Crippen LogP contribution in [-0.2, 0) is 4.79 Å². The fourth-order valence-electron chi connectivity index (χ4n) is 1.21. The smallest absolute Gasteiger partial charge is 0.235 e. The zero-order valence-electron chi connectivity index (χ0n) is 8.47. The average Bonchev–Trinajstić information content (AvgIpc) is 2.85. The maximum Gasteiger partial charge on any atom is 0.235 e. The Morgan fingerprint density at radius 3 is 3.00 bits per heavy atom. The molecule has 1 aromatic heterocycles. The molecule has 0 unspecified atom stereocenters. The molecule has 2 aromatic rings. The normalized spacial score (nSPS) is 10.2. The van der Waals surface area contributed by atoms with Crippen molar-refractivity contribution < 1.29 is 4.79 Å². The fourth-order valence-corrected chi connectivity index (χ4v) is 1.52. The number of tetrazole rings is 1. The molecular weight excluding hydrogens is 309 g/mol. The number of aromatic nitrogens is 4. The number of benzene rings is 1. The summed E-state index contributed by atoms with van der Waals surface area (Å²) in [6.07, 6.45) is 1.46. The zero-order valence-corrected chi connectivity index (χ0v) is 10.8. The summed E-state index contributed by atoms with van der Waals surface area (Å²) in [6.45, 7) is 0. The van der Waals surface area contributed by atoms with Crippen LogP contribution in [0.3, 0.4) is 0 Å². The lowest BCUT2D eigenvalue weighted by Gasteiger charge is -2.07. The van der Waals surface area contributed by atoms with Gasteiger partial charge in [0.25, 0.3) is 0 Å². The van der Waals surface area contributed by atoms with Crippen molar-refractivity contribution >= 4 is 39.1 Å². The van der Waals surface area contributed by atoms with E-state index in [-0.39, 0.29) is 11.2 Å². The van der Waals surface area contributed by atoms with Crippen molar-refractivity contribution in [2.75, 3.05) is 10.6 Å². The number of nitrogens with zero attached hydrogens (tertiary/aromatic N) is 4. The van der Waals surface area contributed by atoms with Crippen LogP contribution in [0.15, 0.2) is 24.5 Å². The molecule has 2 rings (SSSR count). The van der Waals surface area contributed by atoms with E-state index in [1.807, 2.05) is 0 Å². The highest BCUT2D eigenvalue weighted by Gasteiger charge is 2.07. The number of amides is 1. The topological polar surface area (TPSA) is 72.7 Å². The van der Waals surface area contributed by atoms with Crippen molar-refractivity contribution in [2.24, 2.45) is 0 Å². The average molecular weight is 317 g/mol. The van der Waals surface area contributed by atoms with Crippen molar-refractivity contribution in [3.05, 3.63) is 29.5 Å². The quantitative estimate of drug-likeness (QED) is 0.874. The van der Waals surface area contributed by atoms with Crippen molar-refractivity contribution in [3.63, 3.8) is 0 Å². The van der Waals surface area contributed by atoms with Crippen molar-refractivity contribution in [2.45, 2.75) is 0 Å². The van der Waals surface area contributed by atoms with E-state index in [2.05, 4.69) is 36.8 Å². The summed E-state index contributed by atoms with van der Waals surface area (Å²) in [5, 5.41) is 14.1. The van der Waals surface area contributed by atoms with E-state index in [1.54, 1.807) is 18.2 Å². The first-order valence-electron chi connectivity index (χ1n) is 4.59. The summed E-state index contributed by atoms with van der Waals surface area (Å²) in [5.41, 5.74) is 1.23. The molecule has 0 aliphatic carbocycles. The second-order valence-corrected chi connectivity index (χ2v) is 4.07. The van der Waals surface area contributed by atoms with Gasteiger partial charge in [0.2, 0.25) is 5.91 Å². The Balaban J connectivity index is 2.33. The van der Waals surface area contributed by atoms with E-state index in [9.17, 15) is 4.79 Å². The number of rotatable bonds is 3. The predicted octanol–water partition coefficient (Wildman–Crippen LogP) is 1.65. The molecule has 0 radical (unpaired) electrons. The van der Waals surface area contributed by atoms with Gasteiger partial charge < -0.3 is 5.32 Å². The summed E-state index contributed by atoms with van der Waals surface area (Å²) in [5.74, 6) is -0.180. The molecule has 0 spiro atoms. The van der Waals surface area contributed by atoms with Gasteiger partial charge in [-0.1, -0.05) is 27.5 Å². The van der Waals surface area contributed by atoms with Gasteiger partial charge in [-0.3, -0.25) is 4.79 Å². The lowest BCUT2D eigenvalue weighted by molar-refractivity contribution is -0.113. The summed E-state index contributed by atoms with van der Waals surface area (Å²) < 4.78 is 1.47. The van der Waals surface area contributed by atoms with Crippen LogP contribution >= 0.6 is 27.5 Å². The molecule has 1 heterocycles. The summed E-state index contributed by atoms with van der Waals surface area (Å²) in [6, 6.07) is 5.12. The zero-order chi connectivity index (χ0) is 12.3. The van der Waals surface area contributed by atoms with E-state index in [4.69, 9.17) is 11.6 Å². The second-order valence-electron chi connectivity index (χ2n) is 3.10. The largest absolute Gasteiger partial charge is 0.324 e. The van der Waals surface area contributed by atoms with E-state index < -0.39 is 0 Å². The van der Waals surface area contributed by atoms with Crippen molar-refractivity contribution in [1.82, 2.24) is 20.2 Å². The molecule has 88 valence electrons. The molecule has 0 aliphatic rings. The molecule has 8 heteroatoms. The van der Waals surface area contributed by atoms with Crippen molar-refractivity contribution in [1.29, 1.82) is 0 Å². The van der Waals surface area contributed by atoms with Crippen LogP contribution in [0.25, 0.3) is 5.69 Å². The summed E-state index contributed by atoms with van der Waals surface area (Å²) in [7, 11) is 0. The van der Waals surface area contributed by atoms with Gasteiger partial charge >= 0.3 is 0 Å². The van der Waals surface area contributed by atoms with Crippen LogP contribution in [0.2, 0.25) is 5.02 Å². The van der Waals surface area contributed by atoms with Crippen LogP contribution in [0.4, 0.5) is 5.69 Å². The van der Waals surface area contributed by atoms with Gasteiger partial charge in [-0.05, 0) is 28.6 Å². The van der Waals surface area contributed by atoms with E-state index in [0.29, 0.717) is 16.4 Å². The Morgan fingerprint density at radius 1 is 1.53 bits per heavy atom. The highest BCUT2D eigenvalue weighted by atomic mass is 79.9. The van der Waals surface area contributed by atoms with Gasteiger partial charge in [0.05, 0.1) is 21.7 Å². The molecule has 1 aromatic carbocycles. The van der Waals surface area contributed by atoms with Crippen LogP contribution in [0.5, 0.6) is 0 Å². The monoisotopic (exact) mass is 315 g/mol. The number of hydrogen-bond donors (Lipinski definition) is 1. The number of carbonyl (C=O) groups is 1. The lowest BCUT2D eigenvalue weighted by Crippen LogP contribution is -2.13. The van der Waals surface area contributed by atoms with Gasteiger partial charge in [0, 0.05) is 0 Å². The third-order valence-electron chi connectivity index (χ3n) is 1.96. The number of anilines is 1. The Hall–Kier alpha value is -1.47. The highest BCUT2D eigenvalue weighted by Crippen LogP contribution is 2.24. The van der Waals surface area contributed by atoms with Gasteiger partial charge in [-0.2, -0.15) is 0 Å². The molecule has 0 aliphatic heterocycles. The third kappa shape index (κ3) is 2.80. The van der Waals surface area contributed by atoms with E-state index >= 15 is 0 Å². The molecule has 0 bridgehead atoms. The fraction of sp³-hybridized carbons (Fsp3) is 0.111. The molecule has 1 amide bonds.